The van der Waals surface area contributed by atoms with Gasteiger partial charge >= 0.3 is 313 Å². The summed E-state index contributed by atoms with van der Waals surface area (Å²) in [7, 11) is 0. The summed E-state index contributed by atoms with van der Waals surface area (Å²) in [5.74, 6) is -0.516. The molecule has 0 fully saturated rings. The molecule has 0 spiro atoms. The molecule has 54 heavy (non-hydrogen) atoms. The van der Waals surface area contributed by atoms with Crippen LogP contribution in [0.15, 0.2) is 106 Å². The van der Waals surface area contributed by atoms with E-state index in [4.69, 9.17) is 4.21 Å². The molecular weight excluding hydrogens is 789 g/mol. The van der Waals surface area contributed by atoms with Crippen LogP contribution >= 0.6 is 24.8 Å². The molecule has 1 atom stereocenters. The Hall–Kier alpha value is -2.97. The molecule has 0 saturated carbocycles. The molecule has 4 aromatic carbocycles. The first kappa shape index (κ1) is 40.7. The van der Waals surface area contributed by atoms with E-state index in [0.29, 0.717) is 0 Å². The normalized spacial score (nSPS) is 19.4. The molecule has 0 bridgehead atoms. The van der Waals surface area contributed by atoms with Crippen molar-refractivity contribution in [2.75, 3.05) is 0 Å². The second-order valence-corrected chi connectivity index (χ2v) is 32.2. The fourth-order valence-electron chi connectivity index (χ4n) is 10.6. The molecule has 0 radical (unpaired) electrons. The number of allylic oxidation sites excluding steroid dienone is 8. The molecule has 0 aliphatic heterocycles. The Bertz CT molecular complexity index is 2340. The van der Waals surface area contributed by atoms with Gasteiger partial charge in [-0.3, -0.25) is 0 Å². The number of benzene rings is 4. The van der Waals surface area contributed by atoms with Gasteiger partial charge in [0.05, 0.1) is 0 Å². The van der Waals surface area contributed by atoms with Crippen LogP contribution in [0.25, 0.3) is 22.3 Å². The summed E-state index contributed by atoms with van der Waals surface area (Å²) in [6.45, 7) is 20.9. The van der Waals surface area contributed by atoms with Crippen molar-refractivity contribution < 1.29 is 27.1 Å². The molecule has 4 aromatic rings. The number of fused-ring (bicyclic) bond motifs is 5. The fraction of sp³-hybridized carbons (Fsp3) is 0.327. The van der Waals surface area contributed by atoms with Gasteiger partial charge < -0.3 is 0 Å². The second kappa shape index (κ2) is 13.3. The van der Waals surface area contributed by atoms with E-state index in [1.54, 1.807) is 24.3 Å². The van der Waals surface area contributed by atoms with E-state index in [2.05, 4.69) is 111 Å². The Morgan fingerprint density at radius 3 is 1.69 bits per heavy atom. The number of halogens is 4. The summed E-state index contributed by atoms with van der Waals surface area (Å²) in [5.41, 5.74) is 14.7. The number of hydrogen-bond acceptors (Lipinski definition) is 0. The van der Waals surface area contributed by atoms with E-state index in [-0.39, 0.29) is 56.3 Å². The van der Waals surface area contributed by atoms with Crippen LogP contribution in [-0.2, 0) is 35.5 Å². The van der Waals surface area contributed by atoms with Crippen LogP contribution < -0.4 is 6.54 Å². The SMILES string of the molecule is Cl.Cl.[CH2]=[Zr]([C]1=CC(C(C)(C)C)=CC1)([c]1ccc(F)cc1)([c]1ccc(F)cc1)[CH]1C=C(C)c2cc3c(cc2C1(C)C)Cc1cc2c(cc1-3)C(C)=CCC2(C)C. The second-order valence-electron chi connectivity index (χ2n) is 18.7. The molecule has 0 N–H and O–H groups in total. The minimum atomic E-state index is -5.14. The summed E-state index contributed by atoms with van der Waals surface area (Å²) < 4.78 is 38.8. The molecule has 282 valence electrons. The molecule has 5 heteroatoms. The van der Waals surface area contributed by atoms with Gasteiger partial charge in [-0.2, -0.15) is 0 Å². The molecular formula is C49H54Cl2F2Zr. The number of hydrogen-bond donors (Lipinski definition) is 0. The molecule has 8 rings (SSSR count). The third-order valence-electron chi connectivity index (χ3n) is 13.7. The Balaban J connectivity index is 0.00000249. The van der Waals surface area contributed by atoms with Gasteiger partial charge in [-0.05, 0) is 0 Å². The monoisotopic (exact) mass is 840 g/mol. The van der Waals surface area contributed by atoms with Crippen molar-refractivity contribution in [1.82, 2.24) is 0 Å². The van der Waals surface area contributed by atoms with Gasteiger partial charge in [-0.1, -0.05) is 0 Å². The zero-order valence-electron chi connectivity index (χ0n) is 33.2. The predicted octanol–water partition coefficient (Wildman–Crippen LogP) is 13.0. The summed E-state index contributed by atoms with van der Waals surface area (Å²) in [5, 5.41) is 0. The fourth-order valence-corrected chi connectivity index (χ4v) is 28.9. The minimum absolute atomic E-state index is 0. The summed E-state index contributed by atoms with van der Waals surface area (Å²) >= 11 is -5.14. The summed E-state index contributed by atoms with van der Waals surface area (Å²) in [6, 6.07) is 24.4. The summed E-state index contributed by atoms with van der Waals surface area (Å²) in [6.07, 6.45) is 12.5. The first-order valence-corrected chi connectivity index (χ1v) is 25.9. The molecule has 0 nitrogen and oxygen atoms in total. The predicted molar refractivity (Wildman–Crippen MR) is 230 cm³/mol. The quantitative estimate of drug-likeness (QED) is 0.169. The van der Waals surface area contributed by atoms with Crippen LogP contribution in [0.1, 0.15) is 109 Å². The third-order valence-corrected chi connectivity index (χ3v) is 31.9. The Labute approximate surface area is 335 Å². The molecule has 0 aromatic heterocycles. The molecule has 0 amide bonds. The van der Waals surface area contributed by atoms with E-state index in [0.717, 1.165) is 25.8 Å². The van der Waals surface area contributed by atoms with E-state index < -0.39 is 18.3 Å². The topological polar surface area (TPSA) is 0 Å². The molecule has 0 heterocycles. The van der Waals surface area contributed by atoms with Crippen LogP contribution in [0.3, 0.4) is 0 Å². The van der Waals surface area contributed by atoms with Gasteiger partial charge in [0.15, 0.2) is 0 Å². The molecule has 4 aliphatic rings. The molecule has 4 aliphatic carbocycles. The van der Waals surface area contributed by atoms with E-state index >= 15 is 0 Å². The van der Waals surface area contributed by atoms with Crippen molar-refractivity contribution in [2.24, 2.45) is 5.41 Å². The van der Waals surface area contributed by atoms with E-state index in [1.165, 1.54) is 64.5 Å². The zero-order valence-corrected chi connectivity index (χ0v) is 37.3. The maximum atomic E-state index is 14.8. The average Bonchev–Trinajstić information content (AvgIpc) is 3.74. The maximum absolute atomic E-state index is 14.8. The van der Waals surface area contributed by atoms with Crippen molar-refractivity contribution in [3.63, 3.8) is 0 Å². The molecule has 1 unspecified atom stereocenters. The van der Waals surface area contributed by atoms with Crippen molar-refractivity contribution in [3.05, 3.63) is 151 Å². The first-order valence-electron chi connectivity index (χ1n) is 19.0. The van der Waals surface area contributed by atoms with Crippen molar-refractivity contribution in [2.45, 2.75) is 96.0 Å². The van der Waals surface area contributed by atoms with Crippen molar-refractivity contribution >= 4 is 46.7 Å². The van der Waals surface area contributed by atoms with E-state index in [1.807, 2.05) is 24.3 Å². The van der Waals surface area contributed by atoms with Crippen molar-refractivity contribution in [3.8, 4) is 11.1 Å². The number of rotatable bonds is 4. The van der Waals surface area contributed by atoms with Crippen molar-refractivity contribution in [1.29, 1.82) is 0 Å². The Morgan fingerprint density at radius 2 is 1.19 bits per heavy atom. The summed E-state index contributed by atoms with van der Waals surface area (Å²) in [4.78, 5) is 0. The van der Waals surface area contributed by atoms with Crippen LogP contribution in [0, 0.1) is 17.0 Å². The van der Waals surface area contributed by atoms with Crippen LogP contribution in [0.2, 0.25) is 3.63 Å². The third kappa shape index (κ3) is 5.77. The van der Waals surface area contributed by atoms with Gasteiger partial charge in [0, 0.05) is 0 Å². The zero-order chi connectivity index (χ0) is 37.2. The van der Waals surface area contributed by atoms with Gasteiger partial charge in [0.1, 0.15) is 0 Å². The first-order chi connectivity index (χ1) is 24.3. The molecule has 0 saturated heterocycles. The van der Waals surface area contributed by atoms with Gasteiger partial charge in [-0.25, -0.2) is 0 Å². The van der Waals surface area contributed by atoms with Crippen LogP contribution in [0.5, 0.6) is 0 Å². The van der Waals surface area contributed by atoms with Gasteiger partial charge in [-0.15, -0.1) is 24.8 Å². The average molecular weight is 843 g/mol. The Morgan fingerprint density at radius 1 is 0.685 bits per heavy atom. The van der Waals surface area contributed by atoms with Gasteiger partial charge in [0.25, 0.3) is 0 Å². The van der Waals surface area contributed by atoms with Gasteiger partial charge in [0.2, 0.25) is 0 Å². The van der Waals surface area contributed by atoms with Crippen LogP contribution in [0.4, 0.5) is 8.78 Å². The van der Waals surface area contributed by atoms with E-state index in [9.17, 15) is 8.78 Å². The van der Waals surface area contributed by atoms with Crippen LogP contribution in [-0.4, -0.2) is 4.21 Å². The standard InChI is InChI=1S/C27H29.C9H13.2C6H4F.CH2.2ClH.Zr/c1-16-7-9-26(3,4)24-12-18-11-19-13-25-21(17(2)8-10-27(25,5)6)15-23(19)22(18)14-20(16)24;1-9(2,3)8-6-4-5-7-8;2*7-6-4-2-1-3-5-6;;;;/h7-9,12-15H,10-11H2,1-6H3;6-7H,4H2,1-3H3;2*2-5H;1H2;2*1H;. The Kier molecular flexibility index (Phi) is 10.0.